The summed E-state index contributed by atoms with van der Waals surface area (Å²) in [7, 11) is -4.62. The van der Waals surface area contributed by atoms with E-state index in [0.717, 1.165) is 0 Å². The summed E-state index contributed by atoms with van der Waals surface area (Å²) in [4.78, 5) is 26.9. The number of hydrogen-bond donors (Lipinski definition) is 3. The van der Waals surface area contributed by atoms with Crippen molar-refractivity contribution in [1.29, 1.82) is 0 Å². The van der Waals surface area contributed by atoms with Crippen LogP contribution in [0.5, 0.6) is 0 Å². The van der Waals surface area contributed by atoms with E-state index in [4.69, 9.17) is 14.9 Å². The monoisotopic (exact) mass is 210 g/mol. The van der Waals surface area contributed by atoms with Crippen LogP contribution in [0.2, 0.25) is 0 Å². The van der Waals surface area contributed by atoms with Gasteiger partial charge in [-0.2, -0.15) is 0 Å². The first-order chi connectivity index (χ1) is 5.87. The Morgan fingerprint density at radius 2 is 2.08 bits per heavy atom. The first-order valence-electron chi connectivity index (χ1n) is 3.53. The van der Waals surface area contributed by atoms with Gasteiger partial charge in [0, 0.05) is 0 Å². The SMILES string of the molecule is CCCC(=COP(=O)(O)O)C(=O)O. The van der Waals surface area contributed by atoms with Crippen LogP contribution in [-0.2, 0) is 13.9 Å². The van der Waals surface area contributed by atoms with E-state index in [1.165, 1.54) is 0 Å². The van der Waals surface area contributed by atoms with Crippen molar-refractivity contribution in [3.05, 3.63) is 11.8 Å². The van der Waals surface area contributed by atoms with Crippen molar-refractivity contribution in [2.75, 3.05) is 0 Å². The highest BCUT2D eigenvalue weighted by Crippen LogP contribution is 2.36. The minimum absolute atomic E-state index is 0.161. The van der Waals surface area contributed by atoms with Gasteiger partial charge in [-0.1, -0.05) is 13.3 Å². The fourth-order valence-electron chi connectivity index (χ4n) is 0.618. The number of carboxylic acids is 1. The summed E-state index contributed by atoms with van der Waals surface area (Å²) < 4.78 is 14.1. The minimum atomic E-state index is -4.62. The van der Waals surface area contributed by atoms with Gasteiger partial charge in [-0.25, -0.2) is 9.36 Å². The average molecular weight is 210 g/mol. The van der Waals surface area contributed by atoms with Crippen LogP contribution in [0.15, 0.2) is 11.8 Å². The molecular weight excluding hydrogens is 199 g/mol. The summed E-state index contributed by atoms with van der Waals surface area (Å²) in [6, 6.07) is 0. The lowest BCUT2D eigenvalue weighted by atomic mass is 10.2. The number of aliphatic carboxylic acids is 1. The van der Waals surface area contributed by atoms with Crippen molar-refractivity contribution in [3.63, 3.8) is 0 Å². The molecule has 0 radical (unpaired) electrons. The third kappa shape index (κ3) is 6.33. The van der Waals surface area contributed by atoms with Gasteiger partial charge in [0.15, 0.2) is 0 Å². The van der Waals surface area contributed by atoms with Crippen molar-refractivity contribution in [2.45, 2.75) is 19.8 Å². The molecule has 13 heavy (non-hydrogen) atoms. The summed E-state index contributed by atoms with van der Waals surface area (Å²) in [6.45, 7) is 1.74. The fourth-order valence-corrected chi connectivity index (χ4v) is 0.882. The Balaban J connectivity index is 4.37. The quantitative estimate of drug-likeness (QED) is 0.353. The molecule has 0 saturated heterocycles. The van der Waals surface area contributed by atoms with Crippen LogP contribution in [0.4, 0.5) is 0 Å². The standard InChI is InChI=1S/C6H11O6P/c1-2-3-5(6(7)8)4-12-13(9,10)11/h4H,2-3H2,1H3,(H,7,8)(H2,9,10,11). The molecule has 3 N–H and O–H groups in total. The van der Waals surface area contributed by atoms with Gasteiger partial charge in [0.05, 0.1) is 5.57 Å². The van der Waals surface area contributed by atoms with Gasteiger partial charge in [0.25, 0.3) is 0 Å². The van der Waals surface area contributed by atoms with Crippen LogP contribution in [0.1, 0.15) is 19.8 Å². The molecule has 0 saturated carbocycles. The highest BCUT2D eigenvalue weighted by atomic mass is 31.2. The number of phosphoric ester groups is 1. The molecule has 76 valence electrons. The molecule has 0 heterocycles. The van der Waals surface area contributed by atoms with Crippen LogP contribution < -0.4 is 0 Å². The molecule has 0 aromatic carbocycles. The molecule has 0 fully saturated rings. The van der Waals surface area contributed by atoms with E-state index in [0.29, 0.717) is 12.7 Å². The molecule has 7 heteroatoms. The zero-order valence-electron chi connectivity index (χ0n) is 7.01. The third-order valence-corrected chi connectivity index (χ3v) is 1.51. The van der Waals surface area contributed by atoms with Crippen LogP contribution >= 0.6 is 7.82 Å². The summed E-state index contributed by atoms with van der Waals surface area (Å²) >= 11 is 0. The normalized spacial score (nSPS) is 12.7. The van der Waals surface area contributed by atoms with E-state index in [1.807, 2.05) is 0 Å². The molecule has 0 spiro atoms. The Kier molecular flexibility index (Phi) is 4.69. The largest absolute Gasteiger partial charge is 0.524 e. The molecule has 0 aliphatic carbocycles. The Labute approximate surface area is 75.1 Å². The molecule has 6 nitrogen and oxygen atoms in total. The lowest BCUT2D eigenvalue weighted by molar-refractivity contribution is -0.132. The van der Waals surface area contributed by atoms with Crippen molar-refractivity contribution < 1.29 is 28.8 Å². The highest BCUT2D eigenvalue weighted by Gasteiger charge is 2.15. The molecule has 0 amide bonds. The van der Waals surface area contributed by atoms with Crippen molar-refractivity contribution in [1.82, 2.24) is 0 Å². The molecule has 0 aliphatic heterocycles. The minimum Gasteiger partial charge on any atom is -0.478 e. The number of hydrogen-bond acceptors (Lipinski definition) is 3. The topological polar surface area (TPSA) is 104 Å². The van der Waals surface area contributed by atoms with E-state index >= 15 is 0 Å². The Bertz CT molecular complexity index is 252. The summed E-state index contributed by atoms with van der Waals surface area (Å²) in [5.74, 6) is -1.24. The molecule has 0 atom stereocenters. The van der Waals surface area contributed by atoms with Crippen LogP contribution in [0.3, 0.4) is 0 Å². The van der Waals surface area contributed by atoms with Crippen molar-refractivity contribution in [2.24, 2.45) is 0 Å². The van der Waals surface area contributed by atoms with Crippen LogP contribution in [-0.4, -0.2) is 20.9 Å². The lowest BCUT2D eigenvalue weighted by Crippen LogP contribution is -2.00. The van der Waals surface area contributed by atoms with Gasteiger partial charge in [-0.05, 0) is 6.42 Å². The van der Waals surface area contributed by atoms with Gasteiger partial charge in [0.2, 0.25) is 0 Å². The molecule has 0 aliphatic rings. The molecule has 0 aromatic heterocycles. The summed E-state index contributed by atoms with van der Waals surface area (Å²) in [5, 5.41) is 8.50. The molecule has 0 bridgehead atoms. The summed E-state index contributed by atoms with van der Waals surface area (Å²) in [6.07, 6.45) is 1.35. The molecule has 0 rings (SSSR count). The molecule has 0 unspecified atom stereocenters. The van der Waals surface area contributed by atoms with Gasteiger partial charge in [0.1, 0.15) is 6.26 Å². The zero-order chi connectivity index (χ0) is 10.5. The first-order valence-corrected chi connectivity index (χ1v) is 5.06. The van der Waals surface area contributed by atoms with Gasteiger partial charge in [-0.15, -0.1) is 0 Å². The Hall–Kier alpha value is -0.840. The second kappa shape index (κ2) is 5.01. The van der Waals surface area contributed by atoms with Gasteiger partial charge < -0.3 is 9.63 Å². The average Bonchev–Trinajstić information content (AvgIpc) is 1.95. The number of phosphoric acid groups is 1. The second-order valence-corrected chi connectivity index (χ2v) is 3.49. The Morgan fingerprint density at radius 3 is 2.38 bits per heavy atom. The highest BCUT2D eigenvalue weighted by molar-refractivity contribution is 7.46. The van der Waals surface area contributed by atoms with Crippen molar-refractivity contribution >= 4 is 13.8 Å². The third-order valence-electron chi connectivity index (χ3n) is 1.13. The second-order valence-electron chi connectivity index (χ2n) is 2.29. The van der Waals surface area contributed by atoms with E-state index < -0.39 is 13.8 Å². The fraction of sp³-hybridized carbons (Fsp3) is 0.500. The predicted molar refractivity (Wildman–Crippen MR) is 43.8 cm³/mol. The smallest absolute Gasteiger partial charge is 0.478 e. The number of rotatable bonds is 5. The lowest BCUT2D eigenvalue weighted by Gasteiger charge is -2.03. The predicted octanol–water partition coefficient (Wildman–Crippen LogP) is 0.864. The maximum Gasteiger partial charge on any atom is 0.524 e. The van der Waals surface area contributed by atoms with E-state index in [2.05, 4.69) is 4.52 Å². The number of carboxylic acid groups (broad SMARTS) is 1. The van der Waals surface area contributed by atoms with E-state index in [-0.39, 0.29) is 12.0 Å². The summed E-state index contributed by atoms with van der Waals surface area (Å²) in [5.41, 5.74) is -0.161. The van der Waals surface area contributed by atoms with Crippen LogP contribution in [0.25, 0.3) is 0 Å². The number of carbonyl (C=O) groups is 1. The maximum atomic E-state index is 10.4. The Morgan fingerprint density at radius 1 is 1.54 bits per heavy atom. The first kappa shape index (κ1) is 12.2. The maximum absolute atomic E-state index is 10.4. The van der Waals surface area contributed by atoms with Crippen molar-refractivity contribution in [3.8, 4) is 0 Å². The van der Waals surface area contributed by atoms with Crippen LogP contribution in [0, 0.1) is 0 Å². The van der Waals surface area contributed by atoms with Gasteiger partial charge >= 0.3 is 13.8 Å². The zero-order valence-corrected chi connectivity index (χ0v) is 7.90. The van der Waals surface area contributed by atoms with E-state index in [9.17, 15) is 9.36 Å². The van der Waals surface area contributed by atoms with E-state index in [1.54, 1.807) is 6.92 Å². The molecule has 0 aromatic rings. The molecular formula is C6H11O6P. The van der Waals surface area contributed by atoms with Gasteiger partial charge in [-0.3, -0.25) is 9.79 Å².